The number of nitrogens with one attached hydrogen (secondary N) is 2. The maximum absolute atomic E-state index is 4.18. The molecule has 0 spiro atoms. The molecule has 0 amide bonds. The molecule has 0 saturated heterocycles. The van der Waals surface area contributed by atoms with Gasteiger partial charge in [0.05, 0.1) is 5.52 Å². The summed E-state index contributed by atoms with van der Waals surface area (Å²) in [6.07, 6.45) is 2.39. The minimum Gasteiger partial charge on any atom is -0.381 e. The Morgan fingerprint density at radius 2 is 2.13 bits per heavy atom. The summed E-state index contributed by atoms with van der Waals surface area (Å²) >= 11 is 0. The van der Waals surface area contributed by atoms with Gasteiger partial charge < -0.3 is 10.6 Å². The lowest BCUT2D eigenvalue weighted by Crippen LogP contribution is -2.12. The van der Waals surface area contributed by atoms with Crippen molar-refractivity contribution in [3.8, 4) is 0 Å². The average molecular weight is 307 g/mol. The Bertz CT molecular complexity index is 837. The molecule has 2 aromatic carbocycles. The SMILES string of the molecule is Cn1nnc2cc(CNc3ccc4c(c3)CNCCC4)ccc21. The molecule has 0 aliphatic carbocycles. The average Bonchev–Trinajstić information content (AvgIpc) is 2.80. The van der Waals surface area contributed by atoms with Crippen LogP contribution in [0.4, 0.5) is 5.69 Å². The van der Waals surface area contributed by atoms with Gasteiger partial charge in [0.2, 0.25) is 0 Å². The molecule has 0 fully saturated rings. The van der Waals surface area contributed by atoms with Crippen molar-refractivity contribution in [2.75, 3.05) is 11.9 Å². The van der Waals surface area contributed by atoms with E-state index in [-0.39, 0.29) is 0 Å². The lowest BCUT2D eigenvalue weighted by molar-refractivity contribution is 0.681. The first-order valence-electron chi connectivity index (χ1n) is 8.14. The molecule has 2 heterocycles. The van der Waals surface area contributed by atoms with Gasteiger partial charge in [-0.15, -0.1) is 5.10 Å². The van der Waals surface area contributed by atoms with Crippen LogP contribution in [0, 0.1) is 0 Å². The third-order valence-electron chi connectivity index (χ3n) is 4.49. The topological polar surface area (TPSA) is 54.8 Å². The van der Waals surface area contributed by atoms with E-state index in [2.05, 4.69) is 57.3 Å². The highest BCUT2D eigenvalue weighted by atomic mass is 15.4. The zero-order valence-electron chi connectivity index (χ0n) is 13.3. The molecular weight excluding hydrogens is 286 g/mol. The van der Waals surface area contributed by atoms with Crippen molar-refractivity contribution in [1.29, 1.82) is 0 Å². The number of fused-ring (bicyclic) bond motifs is 2. The van der Waals surface area contributed by atoms with Crippen LogP contribution in [0.1, 0.15) is 23.1 Å². The first kappa shape index (κ1) is 14.2. The predicted molar refractivity (Wildman–Crippen MR) is 92.3 cm³/mol. The molecule has 1 aliphatic rings. The van der Waals surface area contributed by atoms with Crippen LogP contribution in [-0.2, 0) is 26.6 Å². The normalized spacial score (nSPS) is 14.5. The van der Waals surface area contributed by atoms with Gasteiger partial charge in [-0.3, -0.25) is 0 Å². The first-order valence-corrected chi connectivity index (χ1v) is 8.14. The zero-order valence-corrected chi connectivity index (χ0v) is 13.3. The summed E-state index contributed by atoms with van der Waals surface area (Å²) in [4.78, 5) is 0. The van der Waals surface area contributed by atoms with Crippen LogP contribution in [0.15, 0.2) is 36.4 Å². The molecule has 2 N–H and O–H groups in total. The zero-order chi connectivity index (χ0) is 15.6. The van der Waals surface area contributed by atoms with Crippen LogP contribution in [0.2, 0.25) is 0 Å². The highest BCUT2D eigenvalue weighted by Crippen LogP contribution is 2.20. The van der Waals surface area contributed by atoms with Gasteiger partial charge in [-0.05, 0) is 60.3 Å². The van der Waals surface area contributed by atoms with Crippen LogP contribution in [0.25, 0.3) is 11.0 Å². The molecule has 0 atom stereocenters. The predicted octanol–water partition coefficient (Wildman–Crippen LogP) is 2.62. The molecular formula is C18H21N5. The van der Waals surface area contributed by atoms with E-state index in [9.17, 15) is 0 Å². The van der Waals surface area contributed by atoms with Crippen LogP contribution in [0.3, 0.4) is 0 Å². The minimum atomic E-state index is 0.790. The van der Waals surface area contributed by atoms with Crippen LogP contribution >= 0.6 is 0 Å². The molecule has 5 heteroatoms. The summed E-state index contributed by atoms with van der Waals surface area (Å²) in [5.74, 6) is 0. The Kier molecular flexibility index (Phi) is 3.71. The van der Waals surface area contributed by atoms with Crippen molar-refractivity contribution in [3.05, 3.63) is 53.1 Å². The molecule has 23 heavy (non-hydrogen) atoms. The van der Waals surface area contributed by atoms with Crippen molar-refractivity contribution >= 4 is 16.7 Å². The second-order valence-electron chi connectivity index (χ2n) is 6.15. The maximum atomic E-state index is 4.18. The van der Waals surface area contributed by atoms with E-state index in [1.165, 1.54) is 35.2 Å². The Morgan fingerprint density at radius 1 is 1.17 bits per heavy atom. The molecule has 0 unspecified atom stereocenters. The lowest BCUT2D eigenvalue weighted by atomic mass is 10.0. The number of hydrogen-bond acceptors (Lipinski definition) is 4. The molecule has 0 bridgehead atoms. The molecule has 1 aliphatic heterocycles. The summed E-state index contributed by atoms with van der Waals surface area (Å²) in [7, 11) is 1.91. The fourth-order valence-electron chi connectivity index (χ4n) is 3.17. The third kappa shape index (κ3) is 2.92. The van der Waals surface area contributed by atoms with Gasteiger partial charge in [-0.25, -0.2) is 4.68 Å². The molecule has 118 valence electrons. The summed E-state index contributed by atoms with van der Waals surface area (Å²) in [6, 6.07) is 13.0. The van der Waals surface area contributed by atoms with Crippen LogP contribution < -0.4 is 10.6 Å². The number of nitrogens with zero attached hydrogens (tertiary/aromatic N) is 3. The van der Waals surface area contributed by atoms with Gasteiger partial charge in [0.25, 0.3) is 0 Å². The third-order valence-corrected chi connectivity index (χ3v) is 4.49. The quantitative estimate of drug-likeness (QED) is 0.781. The van der Waals surface area contributed by atoms with Crippen LogP contribution in [0.5, 0.6) is 0 Å². The van der Waals surface area contributed by atoms with E-state index in [1.807, 2.05) is 7.05 Å². The second kappa shape index (κ2) is 6.01. The van der Waals surface area contributed by atoms with Crippen molar-refractivity contribution < 1.29 is 0 Å². The van der Waals surface area contributed by atoms with Crippen molar-refractivity contribution in [3.63, 3.8) is 0 Å². The monoisotopic (exact) mass is 307 g/mol. The number of hydrogen-bond donors (Lipinski definition) is 2. The first-order chi connectivity index (χ1) is 11.3. The molecule has 3 aromatic rings. The highest BCUT2D eigenvalue weighted by molar-refractivity contribution is 5.75. The summed E-state index contributed by atoms with van der Waals surface area (Å²) in [5, 5.41) is 15.2. The summed E-state index contributed by atoms with van der Waals surface area (Å²) in [5.41, 5.74) is 7.28. The van der Waals surface area contributed by atoms with E-state index < -0.39 is 0 Å². The minimum absolute atomic E-state index is 0.790. The van der Waals surface area contributed by atoms with E-state index in [1.54, 1.807) is 4.68 Å². The fourth-order valence-corrected chi connectivity index (χ4v) is 3.17. The Balaban J connectivity index is 1.50. The Labute approximate surface area is 135 Å². The Hall–Kier alpha value is -2.40. The smallest absolute Gasteiger partial charge is 0.113 e. The molecule has 0 radical (unpaired) electrons. The van der Waals surface area contributed by atoms with Crippen LogP contribution in [-0.4, -0.2) is 21.5 Å². The van der Waals surface area contributed by atoms with Crippen molar-refractivity contribution in [2.24, 2.45) is 7.05 Å². The van der Waals surface area contributed by atoms with Crippen molar-refractivity contribution in [2.45, 2.75) is 25.9 Å². The summed E-state index contributed by atoms with van der Waals surface area (Å²) < 4.78 is 1.80. The second-order valence-corrected chi connectivity index (χ2v) is 6.15. The van der Waals surface area contributed by atoms with Crippen molar-refractivity contribution in [1.82, 2.24) is 20.3 Å². The number of rotatable bonds is 3. The molecule has 1 aromatic heterocycles. The Morgan fingerprint density at radius 3 is 3.09 bits per heavy atom. The summed E-state index contributed by atoms with van der Waals surface area (Å²) in [6.45, 7) is 2.87. The number of anilines is 1. The number of aryl methyl sites for hydroxylation is 2. The lowest BCUT2D eigenvalue weighted by Gasteiger charge is -2.11. The van der Waals surface area contributed by atoms with E-state index in [0.717, 1.165) is 30.7 Å². The van der Waals surface area contributed by atoms with E-state index in [4.69, 9.17) is 0 Å². The van der Waals surface area contributed by atoms with E-state index in [0.29, 0.717) is 0 Å². The van der Waals surface area contributed by atoms with Gasteiger partial charge in [-0.1, -0.05) is 17.3 Å². The largest absolute Gasteiger partial charge is 0.381 e. The van der Waals surface area contributed by atoms with Gasteiger partial charge in [0, 0.05) is 25.8 Å². The van der Waals surface area contributed by atoms with Gasteiger partial charge >= 0.3 is 0 Å². The van der Waals surface area contributed by atoms with Gasteiger partial charge in [0.15, 0.2) is 0 Å². The molecule has 4 rings (SSSR count). The maximum Gasteiger partial charge on any atom is 0.113 e. The molecule has 5 nitrogen and oxygen atoms in total. The van der Waals surface area contributed by atoms with Gasteiger partial charge in [-0.2, -0.15) is 0 Å². The number of benzene rings is 2. The fraction of sp³-hybridized carbons (Fsp3) is 0.333. The van der Waals surface area contributed by atoms with E-state index >= 15 is 0 Å². The molecule has 0 saturated carbocycles. The standard InChI is InChI=1S/C18H21N5/c1-23-18-7-4-13(9-17(18)21-22-23)11-20-16-6-5-14-3-2-8-19-12-15(14)10-16/h4-7,9-10,19-20H,2-3,8,11-12H2,1H3. The van der Waals surface area contributed by atoms with Gasteiger partial charge in [0.1, 0.15) is 5.52 Å². The highest BCUT2D eigenvalue weighted by Gasteiger charge is 2.08. The number of aromatic nitrogens is 3.